The number of nitrogens with one attached hydrogen (secondary N) is 2. The molecule has 0 aliphatic rings. The molecule has 0 fully saturated rings. The molecule has 1 amide bonds. The summed E-state index contributed by atoms with van der Waals surface area (Å²) in [5, 5.41) is 7.47. The first-order valence-corrected chi connectivity index (χ1v) is 10.2. The maximum atomic E-state index is 13.4. The Hall–Kier alpha value is -4.46. The normalized spacial score (nSPS) is 11.1. The molecule has 0 aliphatic heterocycles. The van der Waals surface area contributed by atoms with E-state index in [9.17, 15) is 14.0 Å². The predicted molar refractivity (Wildman–Crippen MR) is 118 cm³/mol. The lowest BCUT2D eigenvalue weighted by Gasteiger charge is -2.05. The second-order valence-electron chi connectivity index (χ2n) is 7.52. The van der Waals surface area contributed by atoms with E-state index in [0.29, 0.717) is 50.4 Å². The third-order valence-electron chi connectivity index (χ3n) is 5.40. The number of aromatic nitrogens is 2. The van der Waals surface area contributed by atoms with Crippen LogP contribution in [-0.2, 0) is 6.54 Å². The maximum absolute atomic E-state index is 13.4. The Bertz CT molecular complexity index is 1460. The second kappa shape index (κ2) is 8.23. The third-order valence-corrected chi connectivity index (χ3v) is 5.40. The number of carbonyl (C=O) groups is 2. The highest BCUT2D eigenvalue weighted by Gasteiger charge is 2.25. The molecule has 0 bridgehead atoms. The van der Waals surface area contributed by atoms with Crippen LogP contribution in [0.5, 0.6) is 0 Å². The predicted octanol–water partition coefficient (Wildman–Crippen LogP) is 5.02. The van der Waals surface area contributed by atoms with Crippen molar-refractivity contribution < 1.29 is 22.9 Å². The Kier molecular flexibility index (Phi) is 5.10. The van der Waals surface area contributed by atoms with E-state index in [-0.39, 0.29) is 24.1 Å². The number of furan rings is 1. The number of rotatable bonds is 6. The minimum Gasteiger partial charge on any atom is -0.467 e. The van der Waals surface area contributed by atoms with Gasteiger partial charge < -0.3 is 19.2 Å². The molecule has 2 aromatic carbocycles. The fourth-order valence-electron chi connectivity index (χ4n) is 3.72. The van der Waals surface area contributed by atoms with Crippen molar-refractivity contribution >= 4 is 22.6 Å². The van der Waals surface area contributed by atoms with E-state index in [1.54, 1.807) is 61.8 Å². The first-order chi connectivity index (χ1) is 16.0. The van der Waals surface area contributed by atoms with Crippen LogP contribution in [0.4, 0.5) is 4.39 Å². The summed E-state index contributed by atoms with van der Waals surface area (Å²) in [6.07, 6.45) is 3.14. The second-order valence-corrected chi connectivity index (χ2v) is 7.52. The van der Waals surface area contributed by atoms with E-state index in [0.717, 1.165) is 0 Å². The standard InChI is InChI=1S/C25H18FN3O4/c1-14-22(23(29-33-14)15-4-7-17(26)8-5-15)24(30)20-13-27-21-11-16(6-9-19(20)21)25(31)28-12-18-3-2-10-32-18/h2-11,13,27H,12H2,1H3,(H,28,31). The minimum absolute atomic E-state index is 0.260. The van der Waals surface area contributed by atoms with E-state index in [2.05, 4.69) is 15.5 Å². The van der Waals surface area contributed by atoms with Gasteiger partial charge in [0.2, 0.25) is 5.78 Å². The van der Waals surface area contributed by atoms with Crippen molar-refractivity contribution in [1.82, 2.24) is 15.5 Å². The molecule has 164 valence electrons. The topological polar surface area (TPSA) is 101 Å². The minimum atomic E-state index is -0.382. The maximum Gasteiger partial charge on any atom is 0.251 e. The summed E-state index contributed by atoms with van der Waals surface area (Å²) in [4.78, 5) is 29.0. The van der Waals surface area contributed by atoms with E-state index < -0.39 is 0 Å². The molecule has 0 saturated carbocycles. The van der Waals surface area contributed by atoms with Crippen LogP contribution < -0.4 is 5.32 Å². The molecule has 0 unspecified atom stereocenters. The van der Waals surface area contributed by atoms with Gasteiger partial charge in [-0.1, -0.05) is 11.2 Å². The van der Waals surface area contributed by atoms with Crippen LogP contribution in [0, 0.1) is 12.7 Å². The highest BCUT2D eigenvalue weighted by atomic mass is 19.1. The zero-order valence-electron chi connectivity index (χ0n) is 17.5. The van der Waals surface area contributed by atoms with Crippen molar-refractivity contribution in [3.8, 4) is 11.3 Å². The van der Waals surface area contributed by atoms with Gasteiger partial charge in [0.25, 0.3) is 5.91 Å². The molecule has 0 saturated heterocycles. The number of nitrogens with zero attached hydrogens (tertiary/aromatic N) is 1. The number of H-pyrrole nitrogens is 1. The quantitative estimate of drug-likeness (QED) is 0.359. The Morgan fingerprint density at radius 3 is 2.70 bits per heavy atom. The zero-order valence-corrected chi connectivity index (χ0v) is 17.5. The molecule has 0 aliphatic carbocycles. The van der Waals surface area contributed by atoms with Crippen LogP contribution in [0.15, 0.2) is 76.0 Å². The molecule has 0 atom stereocenters. The summed E-state index contributed by atoms with van der Waals surface area (Å²) in [5.74, 6) is 0.0897. The summed E-state index contributed by atoms with van der Waals surface area (Å²) in [7, 11) is 0. The molecule has 5 rings (SSSR count). The van der Waals surface area contributed by atoms with Gasteiger partial charge in [0.15, 0.2) is 0 Å². The number of aromatic amines is 1. The number of benzene rings is 2. The van der Waals surface area contributed by atoms with Gasteiger partial charge in [-0.2, -0.15) is 0 Å². The third kappa shape index (κ3) is 3.82. The van der Waals surface area contributed by atoms with Crippen molar-refractivity contribution in [2.24, 2.45) is 0 Å². The number of amides is 1. The van der Waals surface area contributed by atoms with E-state index in [4.69, 9.17) is 8.94 Å². The average molecular weight is 443 g/mol. The Morgan fingerprint density at radius 1 is 1.12 bits per heavy atom. The van der Waals surface area contributed by atoms with Gasteiger partial charge >= 0.3 is 0 Å². The van der Waals surface area contributed by atoms with Crippen LogP contribution in [0.2, 0.25) is 0 Å². The first-order valence-electron chi connectivity index (χ1n) is 10.2. The molecule has 3 heterocycles. The van der Waals surface area contributed by atoms with Crippen LogP contribution in [-0.4, -0.2) is 21.8 Å². The first kappa shape index (κ1) is 20.4. The van der Waals surface area contributed by atoms with Crippen molar-refractivity contribution in [2.45, 2.75) is 13.5 Å². The lowest BCUT2D eigenvalue weighted by molar-refractivity contribution is 0.0947. The Balaban J connectivity index is 1.44. The van der Waals surface area contributed by atoms with Crippen molar-refractivity contribution in [1.29, 1.82) is 0 Å². The monoisotopic (exact) mass is 443 g/mol. The molecule has 2 N–H and O–H groups in total. The van der Waals surface area contributed by atoms with Crippen molar-refractivity contribution in [3.05, 3.63) is 101 Å². The largest absolute Gasteiger partial charge is 0.467 e. The SMILES string of the molecule is Cc1onc(-c2ccc(F)cc2)c1C(=O)c1c[nH]c2cc(C(=O)NCc3ccco3)ccc12. The summed E-state index contributed by atoms with van der Waals surface area (Å²) >= 11 is 0. The van der Waals surface area contributed by atoms with Crippen molar-refractivity contribution in [2.75, 3.05) is 0 Å². The van der Waals surface area contributed by atoms with Gasteiger partial charge in [-0.3, -0.25) is 9.59 Å². The van der Waals surface area contributed by atoms with Gasteiger partial charge in [-0.05, 0) is 55.5 Å². The van der Waals surface area contributed by atoms with Gasteiger partial charge in [-0.15, -0.1) is 0 Å². The molecule has 5 aromatic rings. The fraction of sp³-hybridized carbons (Fsp3) is 0.0800. The van der Waals surface area contributed by atoms with E-state index in [1.165, 1.54) is 12.1 Å². The number of aryl methyl sites for hydroxylation is 1. The van der Waals surface area contributed by atoms with Crippen LogP contribution in [0.25, 0.3) is 22.2 Å². The molecule has 0 radical (unpaired) electrons. The van der Waals surface area contributed by atoms with Crippen LogP contribution >= 0.6 is 0 Å². The number of hydrogen-bond acceptors (Lipinski definition) is 5. The summed E-state index contributed by atoms with van der Waals surface area (Å²) in [6, 6.07) is 14.3. The molecular weight excluding hydrogens is 425 g/mol. The number of ketones is 1. The number of halogens is 1. The number of hydrogen-bond donors (Lipinski definition) is 2. The van der Waals surface area contributed by atoms with Crippen LogP contribution in [0.3, 0.4) is 0 Å². The lowest BCUT2D eigenvalue weighted by Crippen LogP contribution is -2.22. The van der Waals surface area contributed by atoms with Gasteiger partial charge in [0, 0.05) is 33.8 Å². The Morgan fingerprint density at radius 2 is 1.94 bits per heavy atom. The number of carbonyl (C=O) groups excluding carboxylic acids is 2. The molecule has 8 heteroatoms. The fourth-order valence-corrected chi connectivity index (χ4v) is 3.72. The lowest BCUT2D eigenvalue weighted by atomic mass is 9.97. The molecule has 7 nitrogen and oxygen atoms in total. The van der Waals surface area contributed by atoms with E-state index in [1.807, 2.05) is 0 Å². The molecule has 33 heavy (non-hydrogen) atoms. The molecule has 0 spiro atoms. The van der Waals surface area contributed by atoms with Crippen LogP contribution in [0.1, 0.15) is 37.8 Å². The van der Waals surface area contributed by atoms with Gasteiger partial charge in [-0.25, -0.2) is 4.39 Å². The molecule has 3 aromatic heterocycles. The Labute approximate surface area is 187 Å². The summed E-state index contributed by atoms with van der Waals surface area (Å²) < 4.78 is 23.8. The zero-order chi connectivity index (χ0) is 22.9. The molecular formula is C25H18FN3O4. The van der Waals surface area contributed by atoms with E-state index >= 15 is 0 Å². The summed E-state index contributed by atoms with van der Waals surface area (Å²) in [6.45, 7) is 1.93. The van der Waals surface area contributed by atoms with Gasteiger partial charge in [0.05, 0.1) is 18.4 Å². The van der Waals surface area contributed by atoms with Crippen molar-refractivity contribution in [3.63, 3.8) is 0 Å². The summed E-state index contributed by atoms with van der Waals surface area (Å²) in [5.41, 5.74) is 2.74. The average Bonchev–Trinajstić information content (AvgIpc) is 3.57. The smallest absolute Gasteiger partial charge is 0.251 e. The number of fused-ring (bicyclic) bond motifs is 1. The highest BCUT2D eigenvalue weighted by molar-refractivity contribution is 6.19. The van der Waals surface area contributed by atoms with Gasteiger partial charge in [0.1, 0.15) is 23.0 Å². The highest BCUT2D eigenvalue weighted by Crippen LogP contribution is 2.30.